The maximum atomic E-state index is 8.46. The second-order valence-corrected chi connectivity index (χ2v) is 4.02. The summed E-state index contributed by atoms with van der Waals surface area (Å²) < 4.78 is 5.31. The number of aliphatic imine (C=N–C) groups is 1. The summed E-state index contributed by atoms with van der Waals surface area (Å²) in [6, 6.07) is 0.459. The summed E-state index contributed by atoms with van der Waals surface area (Å²) in [6.07, 6.45) is 2.75. The van der Waals surface area contributed by atoms with Gasteiger partial charge in [-0.3, -0.25) is 0 Å². The highest BCUT2D eigenvalue weighted by Gasteiger charge is 2.28. The lowest BCUT2D eigenvalue weighted by atomic mass is 10.1. The van der Waals surface area contributed by atoms with E-state index in [2.05, 4.69) is 25.8 Å². The zero-order valence-corrected chi connectivity index (χ0v) is 8.37. The topological polar surface area (TPSA) is 48.6 Å². The predicted octanol–water partition coefficient (Wildman–Crippen LogP) is 1.34. The lowest BCUT2D eigenvalue weighted by Crippen LogP contribution is -2.50. The van der Waals surface area contributed by atoms with Gasteiger partial charge in [0.05, 0.1) is 6.61 Å². The third-order valence-corrected chi connectivity index (χ3v) is 1.94. The normalized spacial score (nSPS) is 21.1. The van der Waals surface area contributed by atoms with Crippen LogP contribution >= 0.6 is 0 Å². The first-order chi connectivity index (χ1) is 6.05. The molecule has 0 N–H and O–H groups in total. The van der Waals surface area contributed by atoms with Crippen LogP contribution in [0.4, 0.5) is 0 Å². The van der Waals surface area contributed by atoms with Crippen LogP contribution in [0.25, 0.3) is 0 Å². The molecule has 4 nitrogen and oxygen atoms in total. The standard InChI is InChI=1S/C9H15N3O/c1-9(2,3)12-5-4-6-13-8(12)11-7-10/h4-6H2,1-3H3/b11-8-. The number of ether oxygens (including phenoxy) is 1. The molecule has 1 aliphatic rings. The van der Waals surface area contributed by atoms with E-state index in [0.717, 1.165) is 13.0 Å². The van der Waals surface area contributed by atoms with Crippen molar-refractivity contribution in [1.82, 2.24) is 4.90 Å². The summed E-state index contributed by atoms with van der Waals surface area (Å²) >= 11 is 0. The van der Waals surface area contributed by atoms with Crippen LogP contribution in [0, 0.1) is 11.5 Å². The molecule has 0 aliphatic carbocycles. The van der Waals surface area contributed by atoms with E-state index in [1.54, 1.807) is 6.19 Å². The maximum Gasteiger partial charge on any atom is 0.303 e. The van der Waals surface area contributed by atoms with Crippen LogP contribution in [-0.2, 0) is 4.74 Å². The SMILES string of the molecule is CC(C)(C)N1CCCO/C1=N\C#N. The first-order valence-corrected chi connectivity index (χ1v) is 4.43. The Hall–Kier alpha value is -1.24. The van der Waals surface area contributed by atoms with Gasteiger partial charge in [0.2, 0.25) is 6.19 Å². The zero-order valence-electron chi connectivity index (χ0n) is 8.37. The summed E-state index contributed by atoms with van der Waals surface area (Å²) in [5.74, 6) is 0. The third kappa shape index (κ3) is 2.35. The van der Waals surface area contributed by atoms with Gasteiger partial charge in [0.25, 0.3) is 0 Å². The van der Waals surface area contributed by atoms with E-state index in [1.807, 2.05) is 4.90 Å². The Balaban J connectivity index is 2.81. The van der Waals surface area contributed by atoms with E-state index in [-0.39, 0.29) is 5.54 Å². The smallest absolute Gasteiger partial charge is 0.303 e. The number of rotatable bonds is 0. The van der Waals surface area contributed by atoms with E-state index in [9.17, 15) is 0 Å². The van der Waals surface area contributed by atoms with Crippen LogP contribution < -0.4 is 0 Å². The Morgan fingerprint density at radius 1 is 1.54 bits per heavy atom. The van der Waals surface area contributed by atoms with Crippen LogP contribution in [0.5, 0.6) is 0 Å². The molecule has 0 unspecified atom stereocenters. The Morgan fingerprint density at radius 3 is 2.77 bits per heavy atom. The van der Waals surface area contributed by atoms with Crippen molar-refractivity contribution in [3.8, 4) is 6.19 Å². The number of nitriles is 1. The second-order valence-electron chi connectivity index (χ2n) is 4.02. The molecule has 0 aromatic rings. The molecule has 1 aliphatic heterocycles. The fourth-order valence-corrected chi connectivity index (χ4v) is 1.32. The minimum atomic E-state index is -0.0316. The number of amidine groups is 1. The molecular weight excluding hydrogens is 166 g/mol. The second kappa shape index (κ2) is 3.65. The third-order valence-electron chi connectivity index (χ3n) is 1.94. The molecule has 0 aromatic carbocycles. The molecule has 4 heteroatoms. The monoisotopic (exact) mass is 181 g/mol. The highest BCUT2D eigenvalue weighted by atomic mass is 16.5. The summed E-state index contributed by atoms with van der Waals surface area (Å²) in [4.78, 5) is 5.67. The van der Waals surface area contributed by atoms with Crippen LogP contribution in [0.3, 0.4) is 0 Å². The average Bonchev–Trinajstić information content (AvgIpc) is 2.04. The van der Waals surface area contributed by atoms with E-state index in [0.29, 0.717) is 12.6 Å². The summed E-state index contributed by atoms with van der Waals surface area (Å²) in [5.41, 5.74) is -0.0316. The van der Waals surface area contributed by atoms with Gasteiger partial charge < -0.3 is 9.64 Å². The molecule has 13 heavy (non-hydrogen) atoms. The fourth-order valence-electron chi connectivity index (χ4n) is 1.32. The quantitative estimate of drug-likeness (QED) is 0.530. The van der Waals surface area contributed by atoms with E-state index >= 15 is 0 Å². The molecular formula is C9H15N3O. The van der Waals surface area contributed by atoms with Gasteiger partial charge in [-0.2, -0.15) is 5.26 Å². The van der Waals surface area contributed by atoms with Crippen molar-refractivity contribution in [3.63, 3.8) is 0 Å². The van der Waals surface area contributed by atoms with Crippen molar-refractivity contribution in [2.75, 3.05) is 13.2 Å². The van der Waals surface area contributed by atoms with E-state index in [1.165, 1.54) is 0 Å². The van der Waals surface area contributed by atoms with Crippen molar-refractivity contribution < 1.29 is 4.74 Å². The van der Waals surface area contributed by atoms with Gasteiger partial charge in [-0.25, -0.2) is 0 Å². The lowest BCUT2D eigenvalue weighted by Gasteiger charge is -2.39. The van der Waals surface area contributed by atoms with Crippen LogP contribution in [0.2, 0.25) is 0 Å². The van der Waals surface area contributed by atoms with E-state index in [4.69, 9.17) is 10.00 Å². The van der Waals surface area contributed by atoms with Crippen molar-refractivity contribution >= 4 is 6.02 Å². The van der Waals surface area contributed by atoms with E-state index < -0.39 is 0 Å². The predicted molar refractivity (Wildman–Crippen MR) is 50.1 cm³/mol. The van der Waals surface area contributed by atoms with Gasteiger partial charge >= 0.3 is 6.02 Å². The van der Waals surface area contributed by atoms with Gasteiger partial charge in [-0.15, -0.1) is 4.99 Å². The number of hydrogen-bond donors (Lipinski definition) is 0. The number of nitrogens with zero attached hydrogens (tertiary/aromatic N) is 3. The van der Waals surface area contributed by atoms with Gasteiger partial charge in [-0.05, 0) is 27.2 Å². The molecule has 72 valence electrons. The molecule has 0 bridgehead atoms. The summed E-state index contributed by atoms with van der Waals surface area (Å²) in [5, 5.41) is 8.46. The minimum Gasteiger partial charge on any atom is -0.464 e. The fraction of sp³-hybridized carbons (Fsp3) is 0.778. The first-order valence-electron chi connectivity index (χ1n) is 4.43. The van der Waals surface area contributed by atoms with Crippen LogP contribution in [0.15, 0.2) is 4.99 Å². The minimum absolute atomic E-state index is 0.0316. The Kier molecular flexibility index (Phi) is 2.76. The molecule has 1 rings (SSSR count). The van der Waals surface area contributed by atoms with Crippen molar-refractivity contribution in [3.05, 3.63) is 0 Å². The Labute approximate surface area is 78.8 Å². The molecule has 0 aromatic heterocycles. The largest absolute Gasteiger partial charge is 0.464 e. The Morgan fingerprint density at radius 2 is 2.23 bits per heavy atom. The zero-order chi connectivity index (χ0) is 9.90. The van der Waals surface area contributed by atoms with Gasteiger partial charge in [-0.1, -0.05) is 0 Å². The summed E-state index contributed by atoms with van der Waals surface area (Å²) in [7, 11) is 0. The van der Waals surface area contributed by atoms with Crippen LogP contribution in [-0.4, -0.2) is 29.6 Å². The van der Waals surface area contributed by atoms with Gasteiger partial charge in [0.15, 0.2) is 0 Å². The molecule has 0 spiro atoms. The average molecular weight is 181 g/mol. The molecule has 1 heterocycles. The Bertz CT molecular complexity index is 247. The molecule has 1 fully saturated rings. The highest BCUT2D eigenvalue weighted by molar-refractivity contribution is 5.76. The first kappa shape index (κ1) is 9.85. The van der Waals surface area contributed by atoms with Crippen molar-refractivity contribution in [2.24, 2.45) is 4.99 Å². The molecule has 1 saturated heterocycles. The van der Waals surface area contributed by atoms with Gasteiger partial charge in [0, 0.05) is 12.1 Å². The maximum absolute atomic E-state index is 8.46. The number of hydrogen-bond acceptors (Lipinski definition) is 3. The molecule has 0 amide bonds. The lowest BCUT2D eigenvalue weighted by molar-refractivity contribution is 0.113. The van der Waals surface area contributed by atoms with Crippen molar-refractivity contribution in [1.29, 1.82) is 5.26 Å². The molecule has 0 atom stereocenters. The highest BCUT2D eigenvalue weighted by Crippen LogP contribution is 2.18. The molecule has 0 saturated carbocycles. The van der Waals surface area contributed by atoms with Gasteiger partial charge in [0.1, 0.15) is 0 Å². The summed E-state index contributed by atoms with van der Waals surface area (Å²) in [6.45, 7) is 7.80. The van der Waals surface area contributed by atoms with Crippen LogP contribution in [0.1, 0.15) is 27.2 Å². The van der Waals surface area contributed by atoms with Crippen molar-refractivity contribution in [2.45, 2.75) is 32.7 Å². The molecule has 0 radical (unpaired) electrons.